The average molecular weight is 398 g/mol. The number of nitrogens with one attached hydrogen (secondary N) is 1. The number of aromatic nitrogens is 4. The van der Waals surface area contributed by atoms with Crippen LogP contribution in [0.2, 0.25) is 0 Å². The van der Waals surface area contributed by atoms with Crippen molar-refractivity contribution < 1.29 is 4.79 Å². The van der Waals surface area contributed by atoms with E-state index in [1.165, 1.54) is 25.7 Å². The molecule has 1 fully saturated rings. The first kappa shape index (κ1) is 18.5. The number of carbonyl (C=O) groups is 1. The summed E-state index contributed by atoms with van der Waals surface area (Å²) < 4.78 is 2.01. The predicted octanol–water partition coefficient (Wildman–Crippen LogP) is 3.70. The number of carbonyl (C=O) groups excluding carboxylic acids is 1. The van der Waals surface area contributed by atoms with Crippen molar-refractivity contribution in [3.63, 3.8) is 0 Å². The Balaban J connectivity index is 1.55. The van der Waals surface area contributed by atoms with Crippen LogP contribution in [0, 0.1) is 16.7 Å². The van der Waals surface area contributed by atoms with Crippen LogP contribution in [0.3, 0.4) is 0 Å². The van der Waals surface area contributed by atoms with Crippen molar-refractivity contribution in [2.45, 2.75) is 45.7 Å². The molecule has 150 valence electrons. The number of nitriles is 1. The third-order valence-corrected chi connectivity index (χ3v) is 6.21. The molecular weight excluding hydrogens is 376 g/mol. The summed E-state index contributed by atoms with van der Waals surface area (Å²) in [4.78, 5) is 21.1. The van der Waals surface area contributed by atoms with Crippen LogP contribution in [0.1, 0.15) is 54.4 Å². The minimum Gasteiger partial charge on any atom is -0.346 e. The number of amides is 1. The molecule has 1 N–H and O–H groups in total. The monoisotopic (exact) mass is 398 g/mol. The van der Waals surface area contributed by atoms with Crippen molar-refractivity contribution in [1.29, 1.82) is 5.26 Å². The van der Waals surface area contributed by atoms with Crippen molar-refractivity contribution in [2.75, 3.05) is 0 Å². The summed E-state index contributed by atoms with van der Waals surface area (Å²) in [6.07, 6.45) is 10.6. The van der Waals surface area contributed by atoms with E-state index in [1.807, 2.05) is 29.2 Å². The van der Waals surface area contributed by atoms with Crippen LogP contribution >= 0.6 is 0 Å². The SMILES string of the molecule is CC1(Cn2cc(-c3ccc(C#N)nc3-c3cnc4c(c3)C(=O)NC4)cn2)CCCC1. The van der Waals surface area contributed by atoms with Gasteiger partial charge in [-0.2, -0.15) is 10.4 Å². The van der Waals surface area contributed by atoms with Crippen LogP contribution < -0.4 is 5.32 Å². The van der Waals surface area contributed by atoms with Crippen molar-refractivity contribution in [1.82, 2.24) is 25.1 Å². The van der Waals surface area contributed by atoms with Crippen molar-refractivity contribution in [3.05, 3.63) is 53.7 Å². The average Bonchev–Trinajstić information content (AvgIpc) is 3.49. The Kier molecular flexibility index (Phi) is 4.35. The number of hydrogen-bond donors (Lipinski definition) is 1. The molecule has 0 spiro atoms. The third-order valence-electron chi connectivity index (χ3n) is 6.21. The number of nitrogens with zero attached hydrogens (tertiary/aromatic N) is 5. The molecule has 30 heavy (non-hydrogen) atoms. The maximum atomic E-state index is 12.1. The quantitative estimate of drug-likeness (QED) is 0.723. The van der Waals surface area contributed by atoms with Gasteiger partial charge in [-0.25, -0.2) is 4.98 Å². The lowest BCUT2D eigenvalue weighted by Crippen LogP contribution is -2.19. The Morgan fingerprint density at radius 1 is 1.20 bits per heavy atom. The first-order valence-electron chi connectivity index (χ1n) is 10.3. The van der Waals surface area contributed by atoms with Crippen LogP contribution in [0.15, 0.2) is 36.8 Å². The Labute approximate surface area is 174 Å². The number of fused-ring (bicyclic) bond motifs is 1. The van der Waals surface area contributed by atoms with E-state index in [9.17, 15) is 10.1 Å². The summed E-state index contributed by atoms with van der Waals surface area (Å²) in [6, 6.07) is 7.52. The zero-order valence-electron chi connectivity index (χ0n) is 16.9. The number of rotatable bonds is 4. The molecule has 0 atom stereocenters. The largest absolute Gasteiger partial charge is 0.346 e. The third kappa shape index (κ3) is 3.24. The summed E-state index contributed by atoms with van der Waals surface area (Å²) in [5, 5.41) is 16.7. The Morgan fingerprint density at radius 3 is 2.83 bits per heavy atom. The van der Waals surface area contributed by atoms with E-state index in [1.54, 1.807) is 12.3 Å². The fraction of sp³-hybridized carbons (Fsp3) is 0.348. The van der Waals surface area contributed by atoms with Gasteiger partial charge in [-0.3, -0.25) is 14.5 Å². The molecule has 1 amide bonds. The van der Waals surface area contributed by atoms with E-state index in [0.717, 1.165) is 23.4 Å². The van der Waals surface area contributed by atoms with Crippen molar-refractivity contribution >= 4 is 5.91 Å². The molecule has 1 aliphatic heterocycles. The van der Waals surface area contributed by atoms with Gasteiger partial charge in [0.2, 0.25) is 0 Å². The first-order chi connectivity index (χ1) is 14.5. The second-order valence-corrected chi connectivity index (χ2v) is 8.55. The fourth-order valence-corrected chi connectivity index (χ4v) is 4.56. The molecule has 0 unspecified atom stereocenters. The summed E-state index contributed by atoms with van der Waals surface area (Å²) in [5.74, 6) is -0.130. The fourth-order valence-electron chi connectivity index (χ4n) is 4.56. The van der Waals surface area contributed by atoms with Gasteiger partial charge in [-0.05, 0) is 36.5 Å². The zero-order chi connectivity index (χ0) is 20.7. The smallest absolute Gasteiger partial charge is 0.253 e. The van der Waals surface area contributed by atoms with E-state index >= 15 is 0 Å². The number of pyridine rings is 2. The zero-order valence-corrected chi connectivity index (χ0v) is 16.9. The lowest BCUT2D eigenvalue weighted by Gasteiger charge is -2.22. The molecule has 7 heteroatoms. The second-order valence-electron chi connectivity index (χ2n) is 8.55. The van der Waals surface area contributed by atoms with Crippen LogP contribution in [-0.2, 0) is 13.1 Å². The lowest BCUT2D eigenvalue weighted by molar-refractivity contribution is 0.0966. The Morgan fingerprint density at radius 2 is 2.03 bits per heavy atom. The van der Waals surface area contributed by atoms with Gasteiger partial charge in [-0.1, -0.05) is 19.8 Å². The Hall–Kier alpha value is -3.53. The highest BCUT2D eigenvalue weighted by atomic mass is 16.1. The van der Waals surface area contributed by atoms with Gasteiger partial charge in [0, 0.05) is 35.6 Å². The van der Waals surface area contributed by atoms with Gasteiger partial charge in [0.1, 0.15) is 11.8 Å². The molecule has 0 radical (unpaired) electrons. The van der Waals surface area contributed by atoms with Gasteiger partial charge in [-0.15, -0.1) is 0 Å². The molecule has 3 aromatic heterocycles. The van der Waals surface area contributed by atoms with Gasteiger partial charge in [0.05, 0.1) is 29.7 Å². The molecule has 2 aliphatic rings. The molecule has 0 saturated heterocycles. The summed E-state index contributed by atoms with van der Waals surface area (Å²) in [5.41, 5.74) is 5.08. The van der Waals surface area contributed by atoms with Gasteiger partial charge in [0.15, 0.2) is 0 Å². The molecule has 5 rings (SSSR count). The van der Waals surface area contributed by atoms with E-state index in [2.05, 4.69) is 33.4 Å². The van der Waals surface area contributed by atoms with Crippen LogP contribution in [0.25, 0.3) is 22.4 Å². The van der Waals surface area contributed by atoms with Crippen molar-refractivity contribution in [3.8, 4) is 28.5 Å². The highest BCUT2D eigenvalue weighted by Gasteiger charge is 2.29. The predicted molar refractivity (Wildman–Crippen MR) is 111 cm³/mol. The van der Waals surface area contributed by atoms with Gasteiger partial charge in [0.25, 0.3) is 5.91 Å². The molecule has 1 saturated carbocycles. The van der Waals surface area contributed by atoms with Crippen molar-refractivity contribution in [2.24, 2.45) is 5.41 Å². The van der Waals surface area contributed by atoms with E-state index in [0.29, 0.717) is 34.5 Å². The van der Waals surface area contributed by atoms with Gasteiger partial charge < -0.3 is 5.32 Å². The van der Waals surface area contributed by atoms with E-state index < -0.39 is 0 Å². The summed E-state index contributed by atoms with van der Waals surface area (Å²) in [7, 11) is 0. The second kappa shape index (κ2) is 7.06. The highest BCUT2D eigenvalue weighted by molar-refractivity contribution is 5.99. The molecule has 1 aliphatic carbocycles. The maximum absolute atomic E-state index is 12.1. The lowest BCUT2D eigenvalue weighted by atomic mass is 9.89. The summed E-state index contributed by atoms with van der Waals surface area (Å²) in [6.45, 7) is 3.67. The molecular formula is C23H22N6O. The summed E-state index contributed by atoms with van der Waals surface area (Å²) >= 11 is 0. The molecule has 0 aromatic carbocycles. The van der Waals surface area contributed by atoms with E-state index in [-0.39, 0.29) is 5.91 Å². The molecule has 0 bridgehead atoms. The van der Waals surface area contributed by atoms with E-state index in [4.69, 9.17) is 0 Å². The maximum Gasteiger partial charge on any atom is 0.253 e. The molecule has 7 nitrogen and oxygen atoms in total. The highest BCUT2D eigenvalue weighted by Crippen LogP contribution is 2.39. The minimum atomic E-state index is -0.130. The van der Waals surface area contributed by atoms with Crippen LogP contribution in [0.4, 0.5) is 0 Å². The standard InChI is InChI=1S/C23H22N6O/c1-23(6-2-3-7-23)14-29-13-16(11-27-29)18-5-4-17(9-24)28-21(18)15-8-19-20(25-10-15)12-26-22(19)30/h4-5,8,10-11,13H,2-3,6-7,12,14H2,1H3,(H,26,30). The van der Waals surface area contributed by atoms with Crippen LogP contribution in [-0.4, -0.2) is 25.7 Å². The first-order valence-corrected chi connectivity index (χ1v) is 10.3. The van der Waals surface area contributed by atoms with Gasteiger partial charge >= 0.3 is 0 Å². The number of hydrogen-bond acceptors (Lipinski definition) is 5. The normalized spacial score (nSPS) is 16.9. The van der Waals surface area contributed by atoms with Crippen LogP contribution in [0.5, 0.6) is 0 Å². The molecule has 4 heterocycles. The topological polar surface area (TPSA) is 96.5 Å². The Bertz CT molecular complexity index is 1180. The minimum absolute atomic E-state index is 0.130. The molecule has 3 aromatic rings.